The maximum absolute atomic E-state index is 3.40. The summed E-state index contributed by atoms with van der Waals surface area (Å²) in [7, 11) is 0. The predicted octanol–water partition coefficient (Wildman–Crippen LogP) is 7.23. The fourth-order valence-corrected chi connectivity index (χ4v) is 3.76. The van der Waals surface area contributed by atoms with Crippen molar-refractivity contribution in [3.8, 4) is 11.8 Å². The van der Waals surface area contributed by atoms with Crippen molar-refractivity contribution in [1.29, 1.82) is 0 Å². The third-order valence-corrected chi connectivity index (χ3v) is 5.66. The molecule has 1 aliphatic rings. The van der Waals surface area contributed by atoms with Gasteiger partial charge in [0.15, 0.2) is 0 Å². The van der Waals surface area contributed by atoms with Crippen LogP contribution in [0, 0.1) is 11.8 Å². The number of aryl methyl sites for hydroxylation is 2. The van der Waals surface area contributed by atoms with E-state index in [1.54, 1.807) is 0 Å². The van der Waals surface area contributed by atoms with Gasteiger partial charge in [-0.15, -0.1) is 0 Å². The van der Waals surface area contributed by atoms with Gasteiger partial charge >= 0.3 is 0 Å². The SMILES string of the molecule is CCCCCc1ccc(C2CC=C(C#Cc3ccc(CC)cc3)CC2)cc1. The molecule has 0 fully saturated rings. The highest BCUT2D eigenvalue weighted by Crippen LogP contribution is 2.32. The van der Waals surface area contributed by atoms with Gasteiger partial charge in [-0.25, -0.2) is 0 Å². The molecule has 140 valence electrons. The minimum atomic E-state index is 0.657. The van der Waals surface area contributed by atoms with E-state index in [1.807, 2.05) is 0 Å². The lowest BCUT2D eigenvalue weighted by atomic mass is 9.84. The molecule has 1 aliphatic carbocycles. The van der Waals surface area contributed by atoms with Gasteiger partial charge in [-0.2, -0.15) is 0 Å². The van der Waals surface area contributed by atoms with Crippen LogP contribution < -0.4 is 0 Å². The smallest absolute Gasteiger partial charge is 0.0249 e. The van der Waals surface area contributed by atoms with E-state index in [-0.39, 0.29) is 0 Å². The van der Waals surface area contributed by atoms with Gasteiger partial charge in [0.05, 0.1) is 0 Å². The monoisotopic (exact) mass is 356 g/mol. The molecular weight excluding hydrogens is 324 g/mol. The van der Waals surface area contributed by atoms with Gasteiger partial charge in [0.25, 0.3) is 0 Å². The summed E-state index contributed by atoms with van der Waals surface area (Å²) in [6.45, 7) is 4.45. The van der Waals surface area contributed by atoms with E-state index in [4.69, 9.17) is 0 Å². The lowest BCUT2D eigenvalue weighted by molar-refractivity contribution is 0.607. The van der Waals surface area contributed by atoms with Gasteiger partial charge in [0, 0.05) is 5.56 Å². The number of rotatable bonds is 6. The minimum Gasteiger partial charge on any atom is -0.0723 e. The molecule has 0 heteroatoms. The molecule has 0 aromatic heterocycles. The average molecular weight is 357 g/mol. The number of unbranched alkanes of at least 4 members (excludes halogenated alkanes) is 2. The molecule has 2 aromatic rings. The topological polar surface area (TPSA) is 0 Å². The van der Waals surface area contributed by atoms with E-state index < -0.39 is 0 Å². The molecule has 0 N–H and O–H groups in total. The van der Waals surface area contributed by atoms with Gasteiger partial charge < -0.3 is 0 Å². The van der Waals surface area contributed by atoms with E-state index in [1.165, 1.54) is 54.4 Å². The molecule has 0 amide bonds. The van der Waals surface area contributed by atoms with Crippen LogP contribution in [-0.4, -0.2) is 0 Å². The second kappa shape index (κ2) is 10.2. The van der Waals surface area contributed by atoms with E-state index in [0.717, 1.165) is 24.8 Å². The second-order valence-corrected chi connectivity index (χ2v) is 7.70. The Morgan fingerprint density at radius 2 is 1.59 bits per heavy atom. The molecule has 0 bridgehead atoms. The number of allylic oxidation sites excluding steroid dienone is 2. The van der Waals surface area contributed by atoms with Crippen molar-refractivity contribution in [2.24, 2.45) is 0 Å². The first-order chi connectivity index (χ1) is 13.3. The van der Waals surface area contributed by atoms with Gasteiger partial charge in [-0.05, 0) is 78.8 Å². The Bertz CT molecular complexity index is 794. The number of hydrogen-bond acceptors (Lipinski definition) is 0. The van der Waals surface area contributed by atoms with Crippen molar-refractivity contribution in [3.63, 3.8) is 0 Å². The molecule has 0 saturated heterocycles. The largest absolute Gasteiger partial charge is 0.0723 e. The summed E-state index contributed by atoms with van der Waals surface area (Å²) in [5.74, 6) is 7.39. The van der Waals surface area contributed by atoms with E-state index >= 15 is 0 Å². The molecule has 1 atom stereocenters. The lowest BCUT2D eigenvalue weighted by Gasteiger charge is -2.20. The van der Waals surface area contributed by atoms with Gasteiger partial charge in [-0.1, -0.05) is 81.0 Å². The summed E-state index contributed by atoms with van der Waals surface area (Å²) in [6.07, 6.45) is 12.0. The first-order valence-electron chi connectivity index (χ1n) is 10.7. The summed E-state index contributed by atoms with van der Waals surface area (Å²) in [4.78, 5) is 0. The molecule has 0 nitrogen and oxygen atoms in total. The minimum absolute atomic E-state index is 0.657. The van der Waals surface area contributed by atoms with Crippen LogP contribution in [-0.2, 0) is 12.8 Å². The maximum atomic E-state index is 3.40. The summed E-state index contributed by atoms with van der Waals surface area (Å²) in [5, 5.41) is 0. The van der Waals surface area contributed by atoms with E-state index in [0.29, 0.717) is 5.92 Å². The first-order valence-corrected chi connectivity index (χ1v) is 10.7. The van der Waals surface area contributed by atoms with Crippen molar-refractivity contribution < 1.29 is 0 Å². The van der Waals surface area contributed by atoms with Crippen LogP contribution in [0.2, 0.25) is 0 Å². The highest BCUT2D eigenvalue weighted by Gasteiger charge is 2.15. The third-order valence-electron chi connectivity index (χ3n) is 5.66. The predicted molar refractivity (Wildman–Crippen MR) is 117 cm³/mol. The standard InChI is InChI=1S/C27H32/c1-3-5-6-7-23-14-18-26(19-15-23)27-20-16-25(17-21-27)13-12-24-10-8-22(4-2)9-11-24/h8-11,14-16,18-19,27H,3-7,17,20-21H2,1-2H3. The fraction of sp³-hybridized carbons (Fsp3) is 0.407. The van der Waals surface area contributed by atoms with Crippen molar-refractivity contribution in [2.45, 2.75) is 71.1 Å². The summed E-state index contributed by atoms with van der Waals surface area (Å²) in [6, 6.07) is 18.0. The molecule has 27 heavy (non-hydrogen) atoms. The highest BCUT2D eigenvalue weighted by atomic mass is 14.2. The lowest BCUT2D eigenvalue weighted by Crippen LogP contribution is -2.04. The summed E-state index contributed by atoms with van der Waals surface area (Å²) in [5.41, 5.74) is 6.78. The Morgan fingerprint density at radius 1 is 0.852 bits per heavy atom. The molecule has 3 rings (SSSR count). The van der Waals surface area contributed by atoms with Crippen LogP contribution in [0.5, 0.6) is 0 Å². The first kappa shape index (κ1) is 19.5. The Hall–Kier alpha value is -2.26. The van der Waals surface area contributed by atoms with Crippen molar-refractivity contribution in [2.75, 3.05) is 0 Å². The van der Waals surface area contributed by atoms with E-state index in [2.05, 4.69) is 80.3 Å². The van der Waals surface area contributed by atoms with Gasteiger partial charge in [0.1, 0.15) is 0 Å². The Morgan fingerprint density at radius 3 is 2.22 bits per heavy atom. The maximum Gasteiger partial charge on any atom is 0.0249 e. The van der Waals surface area contributed by atoms with Crippen LogP contribution in [0.1, 0.15) is 80.5 Å². The van der Waals surface area contributed by atoms with Crippen LogP contribution in [0.25, 0.3) is 0 Å². The molecule has 2 aromatic carbocycles. The van der Waals surface area contributed by atoms with Crippen LogP contribution in [0.3, 0.4) is 0 Å². The van der Waals surface area contributed by atoms with Crippen LogP contribution in [0.4, 0.5) is 0 Å². The molecule has 0 radical (unpaired) electrons. The molecule has 0 aliphatic heterocycles. The van der Waals surface area contributed by atoms with Crippen molar-refractivity contribution >= 4 is 0 Å². The Labute approximate surface area is 165 Å². The Balaban J connectivity index is 1.55. The number of hydrogen-bond donors (Lipinski definition) is 0. The fourth-order valence-electron chi connectivity index (χ4n) is 3.76. The van der Waals surface area contributed by atoms with Crippen LogP contribution in [0.15, 0.2) is 60.2 Å². The second-order valence-electron chi connectivity index (χ2n) is 7.70. The van der Waals surface area contributed by atoms with Crippen molar-refractivity contribution in [3.05, 3.63) is 82.4 Å². The van der Waals surface area contributed by atoms with Gasteiger partial charge in [-0.3, -0.25) is 0 Å². The zero-order valence-corrected chi connectivity index (χ0v) is 16.9. The normalized spacial score (nSPS) is 16.4. The third kappa shape index (κ3) is 5.86. The summed E-state index contributed by atoms with van der Waals surface area (Å²) >= 11 is 0. The number of benzene rings is 2. The van der Waals surface area contributed by atoms with Gasteiger partial charge in [0.2, 0.25) is 0 Å². The average Bonchev–Trinajstić information content (AvgIpc) is 2.74. The molecule has 1 unspecified atom stereocenters. The summed E-state index contributed by atoms with van der Waals surface area (Å²) < 4.78 is 0. The quantitative estimate of drug-likeness (QED) is 0.378. The zero-order valence-electron chi connectivity index (χ0n) is 16.9. The zero-order chi connectivity index (χ0) is 18.9. The highest BCUT2D eigenvalue weighted by molar-refractivity contribution is 5.42. The molecule has 0 spiro atoms. The van der Waals surface area contributed by atoms with Crippen LogP contribution >= 0.6 is 0 Å². The molecule has 0 heterocycles. The van der Waals surface area contributed by atoms with E-state index in [9.17, 15) is 0 Å². The Kier molecular flexibility index (Phi) is 7.35. The molecular formula is C27H32. The molecule has 0 saturated carbocycles. The van der Waals surface area contributed by atoms with Crippen molar-refractivity contribution in [1.82, 2.24) is 0 Å².